The SMILES string of the molecule is O=C(COc1ccccc1)NCCc1ccc(S(=O)(=O)NC(=O)NN2CCCCCC2)cc1. The molecule has 1 aliphatic heterocycles. The first-order valence-electron chi connectivity index (χ1n) is 11.0. The van der Waals surface area contributed by atoms with E-state index in [2.05, 4.69) is 15.5 Å². The molecule has 0 radical (unpaired) electrons. The zero-order chi connectivity index (χ0) is 23.5. The maximum atomic E-state index is 12.5. The van der Waals surface area contributed by atoms with Crippen LogP contribution in [0.3, 0.4) is 0 Å². The van der Waals surface area contributed by atoms with Crippen LogP contribution >= 0.6 is 0 Å². The summed E-state index contributed by atoms with van der Waals surface area (Å²) in [5.41, 5.74) is 3.46. The minimum atomic E-state index is -3.98. The van der Waals surface area contributed by atoms with E-state index in [1.54, 1.807) is 29.3 Å². The van der Waals surface area contributed by atoms with E-state index >= 15 is 0 Å². The molecule has 0 aliphatic carbocycles. The number of rotatable bonds is 9. The second-order valence-electron chi connectivity index (χ2n) is 7.79. The van der Waals surface area contributed by atoms with Crippen molar-refractivity contribution >= 4 is 22.0 Å². The van der Waals surface area contributed by atoms with Crippen LogP contribution in [0.15, 0.2) is 59.5 Å². The molecule has 2 aromatic carbocycles. The standard InChI is InChI=1S/C23H30N4O5S/c28-22(18-32-20-8-4-3-5-9-20)24-15-14-19-10-12-21(13-11-19)33(30,31)26-23(29)25-27-16-6-1-2-7-17-27/h3-5,8-13H,1-2,6-7,14-18H2,(H,24,28)(H2,25,26,29). The summed E-state index contributed by atoms with van der Waals surface area (Å²) in [7, 11) is -3.98. The largest absolute Gasteiger partial charge is 0.484 e. The minimum absolute atomic E-state index is 0.00226. The molecule has 3 amide bonds. The van der Waals surface area contributed by atoms with Gasteiger partial charge in [-0.05, 0) is 49.1 Å². The molecule has 1 fully saturated rings. The third-order valence-electron chi connectivity index (χ3n) is 5.18. The van der Waals surface area contributed by atoms with Gasteiger partial charge in [-0.3, -0.25) is 10.2 Å². The molecular weight excluding hydrogens is 444 g/mol. The third kappa shape index (κ3) is 8.39. The summed E-state index contributed by atoms with van der Waals surface area (Å²) in [6.07, 6.45) is 4.68. The van der Waals surface area contributed by atoms with E-state index in [9.17, 15) is 18.0 Å². The summed E-state index contributed by atoms with van der Waals surface area (Å²) in [5.74, 6) is 0.385. The Morgan fingerprint density at radius 2 is 1.58 bits per heavy atom. The number of hydrogen-bond donors (Lipinski definition) is 3. The van der Waals surface area contributed by atoms with Gasteiger partial charge in [0.05, 0.1) is 4.90 Å². The molecule has 0 aromatic heterocycles. The highest BCUT2D eigenvalue weighted by Crippen LogP contribution is 2.12. The normalized spacial score (nSPS) is 14.7. The van der Waals surface area contributed by atoms with Crippen LogP contribution in [0.5, 0.6) is 5.75 Å². The van der Waals surface area contributed by atoms with Gasteiger partial charge >= 0.3 is 6.03 Å². The molecule has 2 aromatic rings. The molecule has 0 bridgehead atoms. The molecule has 33 heavy (non-hydrogen) atoms. The first-order valence-corrected chi connectivity index (χ1v) is 12.5. The summed E-state index contributed by atoms with van der Waals surface area (Å²) >= 11 is 0. The van der Waals surface area contributed by atoms with Gasteiger partial charge in [0.15, 0.2) is 6.61 Å². The molecule has 0 saturated carbocycles. The zero-order valence-electron chi connectivity index (χ0n) is 18.5. The van der Waals surface area contributed by atoms with Crippen LogP contribution in [-0.4, -0.2) is 51.6 Å². The molecule has 1 aliphatic rings. The van der Waals surface area contributed by atoms with Crippen molar-refractivity contribution in [2.75, 3.05) is 26.2 Å². The molecule has 178 valence electrons. The average molecular weight is 475 g/mol. The van der Waals surface area contributed by atoms with Gasteiger partial charge in [-0.25, -0.2) is 22.9 Å². The predicted molar refractivity (Wildman–Crippen MR) is 124 cm³/mol. The maximum absolute atomic E-state index is 12.5. The van der Waals surface area contributed by atoms with Gasteiger partial charge in [0.1, 0.15) is 5.75 Å². The van der Waals surface area contributed by atoms with Crippen molar-refractivity contribution in [3.05, 3.63) is 60.2 Å². The van der Waals surface area contributed by atoms with E-state index < -0.39 is 16.1 Å². The highest BCUT2D eigenvalue weighted by atomic mass is 32.2. The van der Waals surface area contributed by atoms with Gasteiger partial charge in [-0.15, -0.1) is 0 Å². The van der Waals surface area contributed by atoms with E-state index in [4.69, 9.17) is 4.74 Å². The first kappa shape index (κ1) is 24.5. The van der Waals surface area contributed by atoms with Gasteiger partial charge in [-0.1, -0.05) is 43.2 Å². The molecular formula is C23H30N4O5S. The lowest BCUT2D eigenvalue weighted by Gasteiger charge is -2.20. The summed E-state index contributed by atoms with van der Waals surface area (Å²) in [6, 6.07) is 14.5. The topological polar surface area (TPSA) is 117 Å². The number of nitrogens with one attached hydrogen (secondary N) is 3. The fourth-order valence-corrected chi connectivity index (χ4v) is 4.33. The summed E-state index contributed by atoms with van der Waals surface area (Å²) in [5, 5.41) is 4.51. The van der Waals surface area contributed by atoms with Gasteiger partial charge in [-0.2, -0.15) is 0 Å². The van der Waals surface area contributed by atoms with Gasteiger partial charge in [0.25, 0.3) is 15.9 Å². The molecule has 3 N–H and O–H groups in total. The smallest absolute Gasteiger partial charge is 0.343 e. The van der Waals surface area contributed by atoms with E-state index in [-0.39, 0.29) is 17.4 Å². The van der Waals surface area contributed by atoms with Crippen LogP contribution in [0, 0.1) is 0 Å². The Balaban J connectivity index is 1.41. The van der Waals surface area contributed by atoms with Crippen LogP contribution in [0.1, 0.15) is 31.2 Å². The second kappa shape index (κ2) is 12.2. The number of amides is 3. The molecule has 9 nitrogen and oxygen atoms in total. The number of urea groups is 1. The Kier molecular flexibility index (Phi) is 9.08. The van der Waals surface area contributed by atoms with Gasteiger partial charge in [0.2, 0.25) is 0 Å². The summed E-state index contributed by atoms with van der Waals surface area (Å²) in [6.45, 7) is 1.72. The number of hydrogen-bond acceptors (Lipinski definition) is 6. The average Bonchev–Trinajstić information content (AvgIpc) is 3.07. The van der Waals surface area contributed by atoms with E-state index in [0.29, 0.717) is 31.8 Å². The lowest BCUT2D eigenvalue weighted by Crippen LogP contribution is -2.49. The molecule has 10 heteroatoms. The van der Waals surface area contributed by atoms with Gasteiger partial charge < -0.3 is 10.1 Å². The third-order valence-corrected chi connectivity index (χ3v) is 6.52. The minimum Gasteiger partial charge on any atom is -0.484 e. The zero-order valence-corrected chi connectivity index (χ0v) is 19.3. The molecule has 1 saturated heterocycles. The Morgan fingerprint density at radius 3 is 2.24 bits per heavy atom. The number of sulfonamides is 1. The van der Waals surface area contributed by atoms with Crippen LogP contribution < -0.4 is 20.2 Å². The quantitative estimate of drug-likeness (QED) is 0.513. The van der Waals surface area contributed by atoms with Crippen molar-refractivity contribution in [3.63, 3.8) is 0 Å². The van der Waals surface area contributed by atoms with E-state index in [0.717, 1.165) is 31.2 Å². The lowest BCUT2D eigenvalue weighted by molar-refractivity contribution is -0.123. The molecule has 0 atom stereocenters. The van der Waals surface area contributed by atoms with Gasteiger partial charge in [0, 0.05) is 19.6 Å². The number of carbonyl (C=O) groups excluding carboxylic acids is 2. The van der Waals surface area contributed by atoms with Crippen LogP contribution in [0.25, 0.3) is 0 Å². The number of carbonyl (C=O) groups is 2. The number of ether oxygens (including phenoxy) is 1. The summed E-state index contributed by atoms with van der Waals surface area (Å²) < 4.78 is 32.4. The Morgan fingerprint density at radius 1 is 0.909 bits per heavy atom. The van der Waals surface area contributed by atoms with Crippen molar-refractivity contribution in [2.24, 2.45) is 0 Å². The molecule has 1 heterocycles. The van der Waals surface area contributed by atoms with Crippen molar-refractivity contribution in [1.29, 1.82) is 0 Å². The molecule has 0 spiro atoms. The van der Waals surface area contributed by atoms with Crippen LogP contribution in [-0.2, 0) is 21.2 Å². The number of benzene rings is 2. The van der Waals surface area contributed by atoms with Crippen molar-refractivity contribution in [2.45, 2.75) is 37.0 Å². The summed E-state index contributed by atoms with van der Waals surface area (Å²) in [4.78, 5) is 24.0. The maximum Gasteiger partial charge on any atom is 0.343 e. The van der Waals surface area contributed by atoms with Crippen molar-refractivity contribution < 1.29 is 22.7 Å². The van der Waals surface area contributed by atoms with Crippen molar-refractivity contribution in [1.82, 2.24) is 20.5 Å². The second-order valence-corrected chi connectivity index (χ2v) is 9.48. The predicted octanol–water partition coefficient (Wildman–Crippen LogP) is 2.20. The lowest BCUT2D eigenvalue weighted by atomic mass is 10.1. The van der Waals surface area contributed by atoms with E-state index in [1.165, 1.54) is 12.1 Å². The highest BCUT2D eigenvalue weighted by Gasteiger charge is 2.19. The van der Waals surface area contributed by atoms with E-state index in [1.807, 2.05) is 18.2 Å². The monoisotopic (exact) mass is 474 g/mol. The number of nitrogens with zero attached hydrogens (tertiary/aromatic N) is 1. The number of para-hydroxylation sites is 1. The van der Waals surface area contributed by atoms with Crippen LogP contribution in [0.2, 0.25) is 0 Å². The first-order chi connectivity index (χ1) is 15.9. The fourth-order valence-electron chi connectivity index (χ4n) is 3.43. The van der Waals surface area contributed by atoms with Crippen molar-refractivity contribution in [3.8, 4) is 5.75 Å². The Hall–Kier alpha value is -3.11. The number of hydrazine groups is 1. The highest BCUT2D eigenvalue weighted by molar-refractivity contribution is 7.90. The Bertz CT molecular complexity index is 1000. The Labute approximate surface area is 194 Å². The fraction of sp³-hybridized carbons (Fsp3) is 0.391. The molecule has 0 unspecified atom stereocenters. The molecule has 3 rings (SSSR count). The van der Waals surface area contributed by atoms with Crippen LogP contribution in [0.4, 0.5) is 4.79 Å².